The molecule has 0 spiro atoms. The van der Waals surface area contributed by atoms with Crippen LogP contribution in [0.15, 0.2) is 54.6 Å². The third-order valence-electron chi connectivity index (χ3n) is 5.70. The number of fused-ring (bicyclic) bond motifs is 2. The highest BCUT2D eigenvalue weighted by Crippen LogP contribution is 2.36. The molecule has 2 bridgehead atoms. The first-order valence-electron chi connectivity index (χ1n) is 9.61. The molecule has 26 heavy (non-hydrogen) atoms. The topological polar surface area (TPSA) is 27.3 Å². The van der Waals surface area contributed by atoms with Gasteiger partial charge in [-0.25, -0.2) is 0 Å². The Hall–Kier alpha value is -1.91. The van der Waals surface area contributed by atoms with Crippen LogP contribution in [0.5, 0.6) is 0 Å². The monoisotopic (exact) mass is 365 g/mol. The van der Waals surface area contributed by atoms with E-state index in [0.717, 1.165) is 17.3 Å². The zero-order valence-electron chi connectivity index (χ0n) is 15.3. The minimum absolute atomic E-state index is 0.476. The molecule has 0 unspecified atom stereocenters. The Kier molecular flexibility index (Phi) is 5.23. The molecule has 2 aromatic carbocycles. The largest absolute Gasteiger partial charge is 0.360 e. The lowest BCUT2D eigenvalue weighted by molar-refractivity contribution is 0.115. The van der Waals surface area contributed by atoms with Gasteiger partial charge >= 0.3 is 0 Å². The molecule has 0 saturated carbocycles. The molecule has 2 aliphatic rings. The fourth-order valence-corrected chi connectivity index (χ4v) is 4.80. The summed E-state index contributed by atoms with van der Waals surface area (Å²) in [7, 11) is 0. The van der Waals surface area contributed by atoms with E-state index in [1.54, 1.807) is 0 Å². The van der Waals surface area contributed by atoms with Gasteiger partial charge in [-0.05, 0) is 68.1 Å². The van der Waals surface area contributed by atoms with E-state index in [9.17, 15) is 0 Å². The van der Waals surface area contributed by atoms with Gasteiger partial charge in [0, 0.05) is 30.4 Å². The summed E-state index contributed by atoms with van der Waals surface area (Å²) in [6, 6.07) is 21.0. The number of aryl methyl sites for hydroxylation is 1. The molecule has 4 heteroatoms. The van der Waals surface area contributed by atoms with Crippen LogP contribution in [0.2, 0.25) is 0 Å². The minimum atomic E-state index is 0.476. The minimum Gasteiger partial charge on any atom is -0.360 e. The van der Waals surface area contributed by atoms with Crippen LogP contribution in [0.25, 0.3) is 0 Å². The van der Waals surface area contributed by atoms with Crippen molar-refractivity contribution in [2.24, 2.45) is 0 Å². The van der Waals surface area contributed by atoms with Crippen LogP contribution < -0.4 is 10.6 Å². The summed E-state index contributed by atoms with van der Waals surface area (Å²) in [6.45, 7) is 3.18. The number of piperidine rings is 1. The normalized spacial score (nSPS) is 25.0. The maximum absolute atomic E-state index is 5.56. The van der Waals surface area contributed by atoms with Crippen molar-refractivity contribution < 1.29 is 0 Å². The van der Waals surface area contributed by atoms with E-state index in [2.05, 4.69) is 77.1 Å². The smallest absolute Gasteiger partial charge is 0.170 e. The SMILES string of the molecule is Cc1cccc(NC(=S)NC2C[C@H]3CC[C@H](C2)N3Cc2ccccc2)c1. The van der Waals surface area contributed by atoms with Crippen molar-refractivity contribution in [1.82, 2.24) is 10.2 Å². The maximum atomic E-state index is 5.56. The highest BCUT2D eigenvalue weighted by Gasteiger charge is 2.40. The van der Waals surface area contributed by atoms with E-state index in [-0.39, 0.29) is 0 Å². The molecule has 0 aliphatic carbocycles. The Morgan fingerprint density at radius 3 is 2.46 bits per heavy atom. The number of thiocarbonyl (C=S) groups is 1. The molecule has 136 valence electrons. The molecule has 3 nitrogen and oxygen atoms in total. The lowest BCUT2D eigenvalue weighted by Gasteiger charge is -2.39. The molecule has 0 aromatic heterocycles. The first kappa shape index (κ1) is 17.5. The van der Waals surface area contributed by atoms with Crippen LogP contribution in [0, 0.1) is 6.92 Å². The van der Waals surface area contributed by atoms with Crippen LogP contribution >= 0.6 is 12.2 Å². The van der Waals surface area contributed by atoms with E-state index in [1.807, 2.05) is 0 Å². The Morgan fingerprint density at radius 1 is 1.04 bits per heavy atom. The van der Waals surface area contributed by atoms with Gasteiger partial charge in [0.05, 0.1) is 0 Å². The van der Waals surface area contributed by atoms with Crippen LogP contribution in [-0.2, 0) is 6.54 Å². The highest BCUT2D eigenvalue weighted by molar-refractivity contribution is 7.80. The molecule has 0 radical (unpaired) electrons. The standard InChI is InChI=1S/C22H27N3S/c1-16-6-5-9-18(12-16)23-22(26)24-19-13-20-10-11-21(14-19)25(20)15-17-7-3-2-4-8-17/h2-9,12,19-21H,10-11,13-15H2,1H3,(H2,23,24,26)/t20-,21-/m1/s1. The Bertz CT molecular complexity index is 747. The van der Waals surface area contributed by atoms with Gasteiger partial charge in [-0.1, -0.05) is 42.5 Å². The number of nitrogens with one attached hydrogen (secondary N) is 2. The molecule has 2 N–H and O–H groups in total. The third-order valence-corrected chi connectivity index (χ3v) is 5.92. The summed E-state index contributed by atoms with van der Waals surface area (Å²) in [6.07, 6.45) is 4.99. The quantitative estimate of drug-likeness (QED) is 0.782. The molecular formula is C22H27N3S. The first-order chi connectivity index (χ1) is 12.7. The fraction of sp³-hybridized carbons (Fsp3) is 0.409. The fourth-order valence-electron chi connectivity index (χ4n) is 4.52. The summed E-state index contributed by atoms with van der Waals surface area (Å²) in [5.74, 6) is 0. The molecule has 2 heterocycles. The van der Waals surface area contributed by atoms with Gasteiger partial charge in [0.1, 0.15) is 0 Å². The van der Waals surface area contributed by atoms with E-state index in [0.29, 0.717) is 18.1 Å². The average Bonchev–Trinajstić information content (AvgIpc) is 2.85. The average molecular weight is 366 g/mol. The molecule has 4 rings (SSSR count). The van der Waals surface area contributed by atoms with Gasteiger partial charge in [-0.15, -0.1) is 0 Å². The second kappa shape index (κ2) is 7.77. The maximum Gasteiger partial charge on any atom is 0.170 e. The second-order valence-electron chi connectivity index (χ2n) is 7.68. The molecule has 0 amide bonds. The Labute approximate surface area is 161 Å². The van der Waals surface area contributed by atoms with Crippen molar-refractivity contribution in [2.45, 2.75) is 57.3 Å². The van der Waals surface area contributed by atoms with Crippen LogP contribution in [0.1, 0.15) is 36.8 Å². The highest BCUT2D eigenvalue weighted by atomic mass is 32.1. The summed E-state index contributed by atoms with van der Waals surface area (Å²) < 4.78 is 0. The summed E-state index contributed by atoms with van der Waals surface area (Å²) >= 11 is 5.56. The predicted octanol–water partition coefficient (Wildman–Crippen LogP) is 4.48. The number of rotatable bonds is 4. The van der Waals surface area contributed by atoms with Crippen molar-refractivity contribution in [1.29, 1.82) is 0 Å². The van der Waals surface area contributed by atoms with E-state index in [1.165, 1.54) is 36.8 Å². The lowest BCUT2D eigenvalue weighted by atomic mass is 9.96. The van der Waals surface area contributed by atoms with Gasteiger partial charge in [-0.2, -0.15) is 0 Å². The lowest BCUT2D eigenvalue weighted by Crippen LogP contribution is -2.50. The molecule has 2 fully saturated rings. The summed E-state index contributed by atoms with van der Waals surface area (Å²) in [5, 5.41) is 7.65. The van der Waals surface area contributed by atoms with Crippen LogP contribution in [-0.4, -0.2) is 28.1 Å². The van der Waals surface area contributed by atoms with Crippen molar-refractivity contribution >= 4 is 23.0 Å². The molecule has 2 aromatic rings. The zero-order chi connectivity index (χ0) is 17.9. The van der Waals surface area contributed by atoms with Gasteiger partial charge < -0.3 is 10.6 Å². The summed E-state index contributed by atoms with van der Waals surface area (Å²) in [5.41, 5.74) is 3.73. The molecule has 2 saturated heterocycles. The van der Waals surface area contributed by atoms with Crippen molar-refractivity contribution in [3.63, 3.8) is 0 Å². The molecular weight excluding hydrogens is 338 g/mol. The first-order valence-corrected chi connectivity index (χ1v) is 10.0. The van der Waals surface area contributed by atoms with Gasteiger partial charge in [0.25, 0.3) is 0 Å². The molecule has 2 aliphatic heterocycles. The Balaban J connectivity index is 1.33. The van der Waals surface area contributed by atoms with Crippen molar-refractivity contribution in [3.8, 4) is 0 Å². The van der Waals surface area contributed by atoms with Gasteiger partial charge in [0.15, 0.2) is 5.11 Å². The van der Waals surface area contributed by atoms with E-state index in [4.69, 9.17) is 12.2 Å². The number of anilines is 1. The van der Waals surface area contributed by atoms with Crippen LogP contribution in [0.4, 0.5) is 5.69 Å². The number of nitrogens with zero attached hydrogens (tertiary/aromatic N) is 1. The van der Waals surface area contributed by atoms with Crippen molar-refractivity contribution in [2.75, 3.05) is 5.32 Å². The number of hydrogen-bond donors (Lipinski definition) is 2. The van der Waals surface area contributed by atoms with Crippen LogP contribution in [0.3, 0.4) is 0 Å². The molecule has 2 atom stereocenters. The second-order valence-corrected chi connectivity index (χ2v) is 8.09. The predicted molar refractivity (Wildman–Crippen MR) is 112 cm³/mol. The third kappa shape index (κ3) is 4.08. The van der Waals surface area contributed by atoms with Crippen molar-refractivity contribution in [3.05, 3.63) is 65.7 Å². The zero-order valence-corrected chi connectivity index (χ0v) is 16.1. The van der Waals surface area contributed by atoms with E-state index >= 15 is 0 Å². The van der Waals surface area contributed by atoms with Gasteiger partial charge in [-0.3, -0.25) is 4.90 Å². The Morgan fingerprint density at radius 2 is 1.77 bits per heavy atom. The summed E-state index contributed by atoms with van der Waals surface area (Å²) in [4.78, 5) is 2.71. The van der Waals surface area contributed by atoms with Gasteiger partial charge in [0.2, 0.25) is 0 Å². The number of hydrogen-bond acceptors (Lipinski definition) is 2. The van der Waals surface area contributed by atoms with E-state index < -0.39 is 0 Å². The number of benzene rings is 2.